The topological polar surface area (TPSA) is 64.9 Å². The molecular weight excluding hydrogens is 190 g/mol. The first-order valence-corrected chi connectivity index (χ1v) is 5.81. The Morgan fingerprint density at radius 2 is 2.27 bits per heavy atom. The average Bonchev–Trinajstić information content (AvgIpc) is 2.62. The van der Waals surface area contributed by atoms with E-state index in [2.05, 4.69) is 17.1 Å². The van der Waals surface area contributed by atoms with Gasteiger partial charge in [-0.3, -0.25) is 0 Å². The predicted molar refractivity (Wildman–Crippen MR) is 57.6 cm³/mol. The Hall–Kier alpha value is -0.900. The summed E-state index contributed by atoms with van der Waals surface area (Å²) >= 11 is 0. The van der Waals surface area contributed by atoms with Crippen molar-refractivity contribution in [2.24, 2.45) is 5.73 Å². The molecule has 1 aliphatic rings. The van der Waals surface area contributed by atoms with Gasteiger partial charge in [0, 0.05) is 12.0 Å². The molecule has 2 N–H and O–H groups in total. The van der Waals surface area contributed by atoms with Crippen LogP contribution in [0.15, 0.2) is 4.52 Å². The van der Waals surface area contributed by atoms with Gasteiger partial charge in [0.05, 0.1) is 5.92 Å². The standard InChI is InChI=1S/C11H19N3O/c1-3-9(12)7(2)11-13-10(14-15-11)8-5-4-6-8/h7-9H,3-6,12H2,1-2H3. The number of rotatable bonds is 4. The highest BCUT2D eigenvalue weighted by Gasteiger charge is 2.27. The van der Waals surface area contributed by atoms with Crippen LogP contribution in [0.5, 0.6) is 0 Å². The van der Waals surface area contributed by atoms with Crippen LogP contribution in [-0.2, 0) is 0 Å². The van der Waals surface area contributed by atoms with Crippen molar-refractivity contribution in [2.75, 3.05) is 0 Å². The molecule has 2 rings (SSSR count). The molecule has 0 radical (unpaired) electrons. The molecule has 4 nitrogen and oxygen atoms in total. The molecule has 84 valence electrons. The SMILES string of the molecule is CCC(N)C(C)c1nc(C2CCC2)no1. The number of hydrogen-bond acceptors (Lipinski definition) is 4. The van der Waals surface area contributed by atoms with Crippen LogP contribution in [0.2, 0.25) is 0 Å². The highest BCUT2D eigenvalue weighted by atomic mass is 16.5. The van der Waals surface area contributed by atoms with Crippen LogP contribution < -0.4 is 5.73 Å². The van der Waals surface area contributed by atoms with Crippen LogP contribution in [0.3, 0.4) is 0 Å². The third kappa shape index (κ3) is 2.04. The van der Waals surface area contributed by atoms with Crippen LogP contribution in [-0.4, -0.2) is 16.2 Å². The van der Waals surface area contributed by atoms with Crippen molar-refractivity contribution in [1.29, 1.82) is 0 Å². The van der Waals surface area contributed by atoms with Crippen molar-refractivity contribution in [1.82, 2.24) is 10.1 Å². The summed E-state index contributed by atoms with van der Waals surface area (Å²) in [6, 6.07) is 0.111. The van der Waals surface area contributed by atoms with E-state index in [4.69, 9.17) is 10.3 Å². The van der Waals surface area contributed by atoms with E-state index in [9.17, 15) is 0 Å². The van der Waals surface area contributed by atoms with Crippen LogP contribution in [0.4, 0.5) is 0 Å². The third-order valence-electron chi connectivity index (χ3n) is 3.43. The highest BCUT2D eigenvalue weighted by molar-refractivity contribution is 5.03. The van der Waals surface area contributed by atoms with Gasteiger partial charge in [0.25, 0.3) is 0 Å². The summed E-state index contributed by atoms with van der Waals surface area (Å²) in [7, 11) is 0. The zero-order chi connectivity index (χ0) is 10.8. The van der Waals surface area contributed by atoms with E-state index in [0.717, 1.165) is 12.2 Å². The second kappa shape index (κ2) is 4.31. The monoisotopic (exact) mass is 209 g/mol. The first-order chi connectivity index (χ1) is 7.22. The van der Waals surface area contributed by atoms with Gasteiger partial charge < -0.3 is 10.3 Å². The first-order valence-electron chi connectivity index (χ1n) is 5.81. The minimum Gasteiger partial charge on any atom is -0.339 e. The molecule has 1 aromatic rings. The van der Waals surface area contributed by atoms with Gasteiger partial charge in [-0.15, -0.1) is 0 Å². The molecule has 1 saturated carbocycles. The maximum Gasteiger partial charge on any atom is 0.231 e. The third-order valence-corrected chi connectivity index (χ3v) is 3.43. The summed E-state index contributed by atoms with van der Waals surface area (Å²) in [6.07, 6.45) is 4.63. The molecule has 15 heavy (non-hydrogen) atoms. The zero-order valence-electron chi connectivity index (χ0n) is 9.44. The molecule has 1 aliphatic carbocycles. The number of hydrogen-bond donors (Lipinski definition) is 1. The molecule has 0 amide bonds. The normalized spacial score (nSPS) is 21.0. The van der Waals surface area contributed by atoms with Crippen molar-refractivity contribution in [3.63, 3.8) is 0 Å². The Kier molecular flexibility index (Phi) is 3.05. The molecular formula is C11H19N3O. The Bertz CT molecular complexity index is 319. The maximum absolute atomic E-state index is 5.95. The van der Waals surface area contributed by atoms with Crippen molar-refractivity contribution < 1.29 is 4.52 Å². The smallest absolute Gasteiger partial charge is 0.231 e. The van der Waals surface area contributed by atoms with E-state index >= 15 is 0 Å². The first kappa shape index (κ1) is 10.6. The highest BCUT2D eigenvalue weighted by Crippen LogP contribution is 2.35. The fourth-order valence-corrected chi connectivity index (χ4v) is 1.80. The Morgan fingerprint density at radius 3 is 2.80 bits per heavy atom. The summed E-state index contributed by atoms with van der Waals surface area (Å²) in [5.74, 6) is 2.28. The second-order valence-electron chi connectivity index (χ2n) is 4.48. The van der Waals surface area contributed by atoms with Gasteiger partial charge in [0.2, 0.25) is 5.89 Å². The summed E-state index contributed by atoms with van der Waals surface area (Å²) in [4.78, 5) is 4.44. The second-order valence-corrected chi connectivity index (χ2v) is 4.48. The molecule has 2 atom stereocenters. The summed E-state index contributed by atoms with van der Waals surface area (Å²) in [5.41, 5.74) is 5.95. The van der Waals surface area contributed by atoms with Gasteiger partial charge in [-0.05, 0) is 19.3 Å². The molecule has 1 fully saturated rings. The van der Waals surface area contributed by atoms with Gasteiger partial charge >= 0.3 is 0 Å². The van der Waals surface area contributed by atoms with Crippen LogP contribution >= 0.6 is 0 Å². The van der Waals surface area contributed by atoms with Crippen molar-refractivity contribution in [3.8, 4) is 0 Å². The Morgan fingerprint density at radius 1 is 1.53 bits per heavy atom. The maximum atomic E-state index is 5.95. The fraction of sp³-hybridized carbons (Fsp3) is 0.818. The van der Waals surface area contributed by atoms with Gasteiger partial charge in [-0.1, -0.05) is 25.4 Å². The average molecular weight is 209 g/mol. The van der Waals surface area contributed by atoms with Crippen molar-refractivity contribution in [3.05, 3.63) is 11.7 Å². The molecule has 0 bridgehead atoms. The molecule has 0 aromatic carbocycles. The molecule has 0 spiro atoms. The molecule has 4 heteroatoms. The zero-order valence-corrected chi connectivity index (χ0v) is 9.44. The van der Waals surface area contributed by atoms with Gasteiger partial charge in [-0.2, -0.15) is 4.98 Å². The quantitative estimate of drug-likeness (QED) is 0.825. The predicted octanol–water partition coefficient (Wildman–Crippen LogP) is 2.18. The van der Waals surface area contributed by atoms with Crippen LogP contribution in [0.25, 0.3) is 0 Å². The molecule has 2 unspecified atom stereocenters. The number of nitrogens with zero attached hydrogens (tertiary/aromatic N) is 2. The Balaban J connectivity index is 2.05. The summed E-state index contributed by atoms with van der Waals surface area (Å²) < 4.78 is 5.27. The van der Waals surface area contributed by atoms with Gasteiger partial charge in [0.1, 0.15) is 0 Å². The number of nitrogens with two attached hydrogens (primary N) is 1. The lowest BCUT2D eigenvalue weighted by molar-refractivity contribution is 0.325. The number of aromatic nitrogens is 2. The van der Waals surface area contributed by atoms with Gasteiger partial charge in [-0.25, -0.2) is 0 Å². The molecule has 0 saturated heterocycles. The van der Waals surface area contributed by atoms with E-state index < -0.39 is 0 Å². The lowest BCUT2D eigenvalue weighted by Crippen LogP contribution is -2.25. The van der Waals surface area contributed by atoms with E-state index in [1.165, 1.54) is 19.3 Å². The van der Waals surface area contributed by atoms with E-state index in [0.29, 0.717) is 11.8 Å². The lowest BCUT2D eigenvalue weighted by Gasteiger charge is -2.21. The fourth-order valence-electron chi connectivity index (χ4n) is 1.80. The van der Waals surface area contributed by atoms with Crippen LogP contribution in [0, 0.1) is 0 Å². The molecule has 1 heterocycles. The van der Waals surface area contributed by atoms with E-state index in [1.54, 1.807) is 0 Å². The Labute approximate surface area is 90.2 Å². The minimum atomic E-state index is 0.111. The van der Waals surface area contributed by atoms with Crippen molar-refractivity contribution >= 4 is 0 Å². The molecule has 1 aromatic heterocycles. The largest absolute Gasteiger partial charge is 0.339 e. The molecule has 0 aliphatic heterocycles. The van der Waals surface area contributed by atoms with Gasteiger partial charge in [0.15, 0.2) is 5.82 Å². The lowest BCUT2D eigenvalue weighted by atomic mass is 9.85. The minimum absolute atomic E-state index is 0.111. The van der Waals surface area contributed by atoms with E-state index in [-0.39, 0.29) is 12.0 Å². The van der Waals surface area contributed by atoms with Crippen molar-refractivity contribution in [2.45, 2.75) is 57.4 Å². The van der Waals surface area contributed by atoms with Crippen LogP contribution in [0.1, 0.15) is 63.1 Å². The summed E-state index contributed by atoms with van der Waals surface area (Å²) in [6.45, 7) is 4.12. The van der Waals surface area contributed by atoms with E-state index in [1.807, 2.05) is 6.92 Å². The summed E-state index contributed by atoms with van der Waals surface area (Å²) in [5, 5.41) is 4.03.